The van der Waals surface area contributed by atoms with Crippen LogP contribution in [0.25, 0.3) is 0 Å². The Balaban J connectivity index is 2.36. The molecule has 0 aliphatic rings. The van der Waals surface area contributed by atoms with Gasteiger partial charge in [-0.25, -0.2) is 0 Å². The smallest absolute Gasteiger partial charge is 0.323 e. The molecule has 0 fully saturated rings. The van der Waals surface area contributed by atoms with Gasteiger partial charge in [0.2, 0.25) is 0 Å². The summed E-state index contributed by atoms with van der Waals surface area (Å²) in [6.07, 6.45) is 0. The van der Waals surface area contributed by atoms with Gasteiger partial charge in [0.25, 0.3) is 5.91 Å². The second kappa shape index (κ2) is 7.53. The summed E-state index contributed by atoms with van der Waals surface area (Å²) in [7, 11) is 0. The van der Waals surface area contributed by atoms with Crippen LogP contribution in [0.2, 0.25) is 0 Å². The summed E-state index contributed by atoms with van der Waals surface area (Å²) in [6, 6.07) is 13.8. The summed E-state index contributed by atoms with van der Waals surface area (Å²) < 4.78 is 0. The summed E-state index contributed by atoms with van der Waals surface area (Å²) in [5.41, 5.74) is 13.8. The van der Waals surface area contributed by atoms with Crippen LogP contribution in [-0.4, -0.2) is 23.5 Å². The van der Waals surface area contributed by atoms with E-state index in [1.807, 2.05) is 6.07 Å². The minimum atomic E-state index is -1.09. The molecule has 2 aromatic rings. The first-order chi connectivity index (χ1) is 11.0. The van der Waals surface area contributed by atoms with Crippen molar-refractivity contribution in [3.8, 4) is 0 Å². The summed E-state index contributed by atoms with van der Waals surface area (Å²) >= 11 is 0. The van der Waals surface area contributed by atoms with E-state index in [-0.39, 0.29) is 5.91 Å². The van der Waals surface area contributed by atoms with Crippen LogP contribution < -0.4 is 16.4 Å². The Morgan fingerprint density at radius 3 is 2.17 bits per heavy atom. The molecule has 6 heteroatoms. The third-order valence-corrected chi connectivity index (χ3v) is 3.43. The number of carboxylic acid groups (broad SMARTS) is 1. The van der Waals surface area contributed by atoms with Crippen LogP contribution in [0, 0.1) is 0 Å². The van der Waals surface area contributed by atoms with Crippen molar-refractivity contribution in [2.45, 2.75) is 13.1 Å². The molecule has 2 aromatic carbocycles. The summed E-state index contributed by atoms with van der Waals surface area (Å²) in [4.78, 5) is 25.1. The molecule has 0 saturated carbocycles. The Bertz CT molecular complexity index is 698. The number of carbonyl (C=O) groups is 2. The fourth-order valence-electron chi connectivity index (χ4n) is 2.21. The number of benzene rings is 2. The SMILES string of the molecule is NCc1ccc(N(CC(=O)O)C(=O)c2cccc(CN)c2)cc1. The highest BCUT2D eigenvalue weighted by Crippen LogP contribution is 2.19. The van der Waals surface area contributed by atoms with E-state index in [0.717, 1.165) is 11.1 Å². The van der Waals surface area contributed by atoms with Gasteiger partial charge in [0.15, 0.2) is 0 Å². The van der Waals surface area contributed by atoms with Gasteiger partial charge in [-0.05, 0) is 35.4 Å². The van der Waals surface area contributed by atoms with Crippen LogP contribution in [0.1, 0.15) is 21.5 Å². The lowest BCUT2D eigenvalue weighted by atomic mass is 10.1. The summed E-state index contributed by atoms with van der Waals surface area (Å²) in [5, 5.41) is 9.11. The maximum absolute atomic E-state index is 12.7. The second-order valence-corrected chi connectivity index (χ2v) is 5.06. The molecular weight excluding hydrogens is 294 g/mol. The number of nitrogens with two attached hydrogens (primary N) is 2. The van der Waals surface area contributed by atoms with Crippen molar-refractivity contribution in [2.24, 2.45) is 11.5 Å². The highest BCUT2D eigenvalue weighted by Gasteiger charge is 2.20. The third kappa shape index (κ3) is 4.15. The zero-order valence-corrected chi connectivity index (χ0v) is 12.6. The molecule has 0 atom stereocenters. The zero-order valence-electron chi connectivity index (χ0n) is 12.6. The van der Waals surface area contributed by atoms with Gasteiger partial charge in [-0.1, -0.05) is 24.3 Å². The van der Waals surface area contributed by atoms with E-state index < -0.39 is 12.5 Å². The Kier molecular flexibility index (Phi) is 5.46. The Hall–Kier alpha value is -2.70. The van der Waals surface area contributed by atoms with E-state index in [4.69, 9.17) is 16.6 Å². The molecular formula is C17H19N3O3. The van der Waals surface area contributed by atoms with Crippen LogP contribution in [-0.2, 0) is 17.9 Å². The average molecular weight is 313 g/mol. The van der Waals surface area contributed by atoms with E-state index in [1.165, 1.54) is 4.90 Å². The molecule has 0 saturated heterocycles. The molecule has 6 nitrogen and oxygen atoms in total. The van der Waals surface area contributed by atoms with E-state index >= 15 is 0 Å². The first kappa shape index (κ1) is 16.7. The van der Waals surface area contributed by atoms with Crippen molar-refractivity contribution in [3.63, 3.8) is 0 Å². The molecule has 1 amide bonds. The molecule has 23 heavy (non-hydrogen) atoms. The largest absolute Gasteiger partial charge is 0.480 e. The number of carboxylic acids is 1. The van der Waals surface area contributed by atoms with Crippen molar-refractivity contribution in [3.05, 3.63) is 65.2 Å². The van der Waals surface area contributed by atoms with Crippen molar-refractivity contribution < 1.29 is 14.7 Å². The first-order valence-electron chi connectivity index (χ1n) is 7.17. The number of carbonyl (C=O) groups excluding carboxylic acids is 1. The van der Waals surface area contributed by atoms with Gasteiger partial charge >= 0.3 is 5.97 Å². The minimum Gasteiger partial charge on any atom is -0.480 e. The molecule has 120 valence electrons. The Labute approximate surface area is 134 Å². The van der Waals surface area contributed by atoms with Gasteiger partial charge < -0.3 is 16.6 Å². The molecule has 0 aliphatic heterocycles. The molecule has 0 unspecified atom stereocenters. The third-order valence-electron chi connectivity index (χ3n) is 3.43. The normalized spacial score (nSPS) is 10.3. The van der Waals surface area contributed by atoms with Gasteiger partial charge in [-0.15, -0.1) is 0 Å². The van der Waals surface area contributed by atoms with Crippen molar-refractivity contribution in [1.82, 2.24) is 0 Å². The average Bonchev–Trinajstić information content (AvgIpc) is 2.59. The molecule has 0 spiro atoms. The molecule has 0 heterocycles. The van der Waals surface area contributed by atoms with E-state index in [1.54, 1.807) is 42.5 Å². The van der Waals surface area contributed by atoms with Gasteiger partial charge in [0.05, 0.1) is 0 Å². The number of aliphatic carboxylic acids is 1. The molecule has 0 radical (unpaired) electrons. The molecule has 2 rings (SSSR count). The number of anilines is 1. The predicted octanol–water partition coefficient (Wildman–Crippen LogP) is 1.34. The molecule has 0 bridgehead atoms. The first-order valence-corrected chi connectivity index (χ1v) is 7.17. The summed E-state index contributed by atoms with van der Waals surface area (Å²) in [5.74, 6) is -1.47. The second-order valence-electron chi connectivity index (χ2n) is 5.06. The minimum absolute atomic E-state index is 0.311. The van der Waals surface area contributed by atoms with Crippen LogP contribution >= 0.6 is 0 Å². The number of hydrogen-bond acceptors (Lipinski definition) is 4. The van der Waals surface area contributed by atoms with Crippen LogP contribution in [0.15, 0.2) is 48.5 Å². The zero-order chi connectivity index (χ0) is 16.8. The van der Waals surface area contributed by atoms with Gasteiger partial charge in [-0.2, -0.15) is 0 Å². The van der Waals surface area contributed by atoms with E-state index in [9.17, 15) is 9.59 Å². The topological polar surface area (TPSA) is 110 Å². The number of hydrogen-bond donors (Lipinski definition) is 3. The maximum Gasteiger partial charge on any atom is 0.323 e. The van der Waals surface area contributed by atoms with Crippen LogP contribution in [0.5, 0.6) is 0 Å². The number of nitrogens with zero attached hydrogens (tertiary/aromatic N) is 1. The fourth-order valence-corrected chi connectivity index (χ4v) is 2.21. The summed E-state index contributed by atoms with van der Waals surface area (Å²) in [6.45, 7) is 0.268. The lowest BCUT2D eigenvalue weighted by Crippen LogP contribution is -2.35. The van der Waals surface area contributed by atoms with E-state index in [2.05, 4.69) is 0 Å². The lowest BCUT2D eigenvalue weighted by molar-refractivity contribution is -0.135. The van der Waals surface area contributed by atoms with Crippen LogP contribution in [0.4, 0.5) is 5.69 Å². The fraction of sp³-hybridized carbons (Fsp3) is 0.176. The molecule has 0 aromatic heterocycles. The van der Waals surface area contributed by atoms with Gasteiger partial charge in [-0.3, -0.25) is 14.5 Å². The standard InChI is InChI=1S/C17H19N3O3/c18-9-12-4-6-15(7-5-12)20(11-16(21)22)17(23)14-3-1-2-13(8-14)10-19/h1-8H,9-11,18-19H2,(H,21,22). The van der Waals surface area contributed by atoms with Crippen molar-refractivity contribution in [2.75, 3.05) is 11.4 Å². The number of amides is 1. The van der Waals surface area contributed by atoms with E-state index in [0.29, 0.717) is 24.3 Å². The predicted molar refractivity (Wildman–Crippen MR) is 88.0 cm³/mol. The van der Waals surface area contributed by atoms with Gasteiger partial charge in [0, 0.05) is 24.3 Å². The maximum atomic E-state index is 12.7. The highest BCUT2D eigenvalue weighted by atomic mass is 16.4. The molecule has 0 aliphatic carbocycles. The van der Waals surface area contributed by atoms with Crippen LogP contribution in [0.3, 0.4) is 0 Å². The van der Waals surface area contributed by atoms with Crippen molar-refractivity contribution >= 4 is 17.6 Å². The highest BCUT2D eigenvalue weighted by molar-refractivity contribution is 6.08. The molecule has 5 N–H and O–H groups in total. The number of rotatable bonds is 6. The van der Waals surface area contributed by atoms with Gasteiger partial charge in [0.1, 0.15) is 6.54 Å². The quantitative estimate of drug-likeness (QED) is 0.745. The Morgan fingerprint density at radius 2 is 1.61 bits per heavy atom. The lowest BCUT2D eigenvalue weighted by Gasteiger charge is -2.21. The Morgan fingerprint density at radius 1 is 0.957 bits per heavy atom. The van der Waals surface area contributed by atoms with Crippen molar-refractivity contribution in [1.29, 1.82) is 0 Å². The monoisotopic (exact) mass is 313 g/mol.